The number of ether oxygens (including phenoxy) is 2. The van der Waals surface area contributed by atoms with Gasteiger partial charge in [-0.3, -0.25) is 4.79 Å². The summed E-state index contributed by atoms with van der Waals surface area (Å²) in [6.45, 7) is 8.31. The molecule has 0 spiro atoms. The maximum absolute atomic E-state index is 12.9. The van der Waals surface area contributed by atoms with Gasteiger partial charge in [-0.25, -0.2) is 0 Å². The lowest BCUT2D eigenvalue weighted by atomic mass is 10.1. The minimum Gasteiger partial charge on any atom is -0.493 e. The van der Waals surface area contributed by atoms with Crippen molar-refractivity contribution in [1.82, 2.24) is 15.0 Å². The molecule has 2 fully saturated rings. The number of nitrogens with zero attached hydrogens (tertiary/aromatic N) is 3. The lowest BCUT2D eigenvalue weighted by molar-refractivity contribution is -0.127. The zero-order valence-corrected chi connectivity index (χ0v) is 19.3. The summed E-state index contributed by atoms with van der Waals surface area (Å²) in [6, 6.07) is 6.02. The van der Waals surface area contributed by atoms with Gasteiger partial charge in [-0.1, -0.05) is 11.2 Å². The number of amides is 1. The molecular weight excluding hydrogens is 406 g/mol. The quantitative estimate of drug-likeness (QED) is 0.580. The Morgan fingerprint density at radius 3 is 2.72 bits per heavy atom. The van der Waals surface area contributed by atoms with E-state index >= 15 is 0 Å². The average Bonchev–Trinajstić information content (AvgIpc) is 3.54. The molecule has 2 saturated heterocycles. The first-order chi connectivity index (χ1) is 15.5. The maximum Gasteiger partial charge on any atom is 0.246 e. The fourth-order valence-corrected chi connectivity index (χ4v) is 4.61. The third-order valence-corrected chi connectivity index (χ3v) is 6.49. The average molecular weight is 440 g/mol. The summed E-state index contributed by atoms with van der Waals surface area (Å²) in [5.41, 5.74) is 2.66. The van der Waals surface area contributed by atoms with E-state index in [4.69, 9.17) is 14.0 Å². The van der Waals surface area contributed by atoms with Crippen LogP contribution in [0, 0.1) is 13.8 Å². The van der Waals surface area contributed by atoms with E-state index in [0.29, 0.717) is 24.1 Å². The van der Waals surface area contributed by atoms with E-state index in [2.05, 4.69) is 10.1 Å². The van der Waals surface area contributed by atoms with Crippen LogP contribution in [-0.2, 0) is 11.4 Å². The number of carbonyl (C=O) groups is 1. The number of rotatable bonds is 8. The summed E-state index contributed by atoms with van der Waals surface area (Å²) in [6.07, 6.45) is 8.28. The number of aromatic nitrogens is 1. The maximum atomic E-state index is 12.9. The second-order valence-electron chi connectivity index (χ2n) is 8.67. The zero-order valence-electron chi connectivity index (χ0n) is 19.3. The summed E-state index contributed by atoms with van der Waals surface area (Å²) in [5, 5.41) is 3.96. The summed E-state index contributed by atoms with van der Waals surface area (Å²) in [7, 11) is 1.62. The minimum atomic E-state index is 0.0874. The van der Waals surface area contributed by atoms with Crippen molar-refractivity contribution in [1.29, 1.82) is 0 Å². The van der Waals surface area contributed by atoms with Gasteiger partial charge in [0.2, 0.25) is 5.91 Å². The Morgan fingerprint density at radius 2 is 2.00 bits per heavy atom. The van der Waals surface area contributed by atoms with E-state index in [-0.39, 0.29) is 5.91 Å². The van der Waals surface area contributed by atoms with Crippen LogP contribution in [0.4, 0.5) is 0 Å². The molecule has 1 aromatic heterocycles. The van der Waals surface area contributed by atoms with E-state index in [1.807, 2.05) is 43.0 Å². The Kier molecular flexibility index (Phi) is 7.15. The predicted molar refractivity (Wildman–Crippen MR) is 123 cm³/mol. The van der Waals surface area contributed by atoms with Gasteiger partial charge >= 0.3 is 0 Å². The Labute approximate surface area is 189 Å². The van der Waals surface area contributed by atoms with E-state index in [1.54, 1.807) is 13.2 Å². The van der Waals surface area contributed by atoms with Crippen molar-refractivity contribution < 1.29 is 18.8 Å². The lowest BCUT2D eigenvalue weighted by Crippen LogP contribution is -2.41. The standard InChI is InChI=1S/C25H33N3O4/c1-18-22(19(2)32-26-18)17-31-23-10-8-20(15-24(23)30-3)9-11-25(29)28-14-6-7-21(28)16-27-12-4-5-13-27/h8-11,15,21H,4-7,12-14,16-17H2,1-3H3/b11-9+. The van der Waals surface area contributed by atoms with Crippen LogP contribution in [0.3, 0.4) is 0 Å². The van der Waals surface area contributed by atoms with E-state index < -0.39 is 0 Å². The molecule has 0 saturated carbocycles. The molecule has 7 nitrogen and oxygen atoms in total. The SMILES string of the molecule is COc1cc(/C=C/C(=O)N2CCCC2CN2CCCC2)ccc1OCc1c(C)noc1C. The van der Waals surface area contributed by atoms with E-state index in [1.165, 1.54) is 25.9 Å². The smallest absolute Gasteiger partial charge is 0.246 e. The van der Waals surface area contributed by atoms with Gasteiger partial charge in [0.1, 0.15) is 12.4 Å². The largest absolute Gasteiger partial charge is 0.493 e. The van der Waals surface area contributed by atoms with Crippen LogP contribution in [0.2, 0.25) is 0 Å². The van der Waals surface area contributed by atoms with Crippen LogP contribution in [0.1, 0.15) is 48.3 Å². The van der Waals surface area contributed by atoms with Gasteiger partial charge < -0.3 is 23.8 Å². The van der Waals surface area contributed by atoms with Crippen LogP contribution in [-0.4, -0.2) is 60.2 Å². The van der Waals surface area contributed by atoms with Crippen molar-refractivity contribution in [3.8, 4) is 11.5 Å². The molecule has 2 aliphatic rings. The highest BCUT2D eigenvalue weighted by atomic mass is 16.5. The molecule has 32 heavy (non-hydrogen) atoms. The van der Waals surface area contributed by atoms with Gasteiger partial charge in [-0.05, 0) is 76.4 Å². The number of likely N-dealkylation sites (tertiary alicyclic amines) is 2. The van der Waals surface area contributed by atoms with Gasteiger partial charge in [0.15, 0.2) is 11.5 Å². The Hall–Kier alpha value is -2.80. The zero-order chi connectivity index (χ0) is 22.5. The first-order valence-electron chi connectivity index (χ1n) is 11.5. The third kappa shape index (κ3) is 5.15. The number of hydrogen-bond acceptors (Lipinski definition) is 6. The topological polar surface area (TPSA) is 68.0 Å². The molecule has 2 aromatic rings. The number of aryl methyl sites for hydroxylation is 2. The molecule has 2 aliphatic heterocycles. The Balaban J connectivity index is 1.38. The number of benzene rings is 1. The van der Waals surface area contributed by atoms with Gasteiger partial charge in [-0.15, -0.1) is 0 Å². The molecule has 172 valence electrons. The van der Waals surface area contributed by atoms with Crippen LogP contribution in [0.5, 0.6) is 11.5 Å². The highest BCUT2D eigenvalue weighted by Gasteiger charge is 2.29. The molecule has 0 aliphatic carbocycles. The summed E-state index contributed by atoms with van der Waals surface area (Å²) >= 11 is 0. The Bertz CT molecular complexity index is 943. The van der Waals surface area contributed by atoms with Crippen LogP contribution in [0.25, 0.3) is 6.08 Å². The summed E-state index contributed by atoms with van der Waals surface area (Å²) < 4.78 is 16.7. The van der Waals surface area contributed by atoms with Crippen molar-refractivity contribution >= 4 is 12.0 Å². The van der Waals surface area contributed by atoms with Crippen LogP contribution < -0.4 is 9.47 Å². The van der Waals surface area contributed by atoms with Crippen LogP contribution in [0.15, 0.2) is 28.8 Å². The van der Waals surface area contributed by atoms with Gasteiger partial charge in [0.25, 0.3) is 0 Å². The molecule has 1 atom stereocenters. The minimum absolute atomic E-state index is 0.0874. The number of hydrogen-bond donors (Lipinski definition) is 0. The first kappa shape index (κ1) is 22.4. The molecule has 4 rings (SSSR count). The molecule has 7 heteroatoms. The fraction of sp³-hybridized carbons (Fsp3) is 0.520. The summed E-state index contributed by atoms with van der Waals surface area (Å²) in [5.74, 6) is 2.11. The second kappa shape index (κ2) is 10.2. The number of carbonyl (C=O) groups excluding carboxylic acids is 1. The van der Waals surface area contributed by atoms with Crippen molar-refractivity contribution in [2.24, 2.45) is 0 Å². The van der Waals surface area contributed by atoms with Crippen molar-refractivity contribution in [3.63, 3.8) is 0 Å². The van der Waals surface area contributed by atoms with E-state index in [0.717, 1.165) is 48.5 Å². The molecule has 1 amide bonds. The normalized spacial score (nSPS) is 19.2. The van der Waals surface area contributed by atoms with Gasteiger partial charge in [0.05, 0.1) is 18.4 Å². The third-order valence-electron chi connectivity index (χ3n) is 6.49. The molecule has 0 radical (unpaired) electrons. The van der Waals surface area contributed by atoms with Crippen molar-refractivity contribution in [2.45, 2.75) is 52.2 Å². The molecular formula is C25H33N3O4. The molecule has 1 aromatic carbocycles. The molecule has 0 N–H and O–H groups in total. The van der Waals surface area contributed by atoms with Crippen molar-refractivity contribution in [2.75, 3.05) is 33.3 Å². The van der Waals surface area contributed by atoms with Gasteiger partial charge in [0, 0.05) is 25.2 Å². The monoisotopic (exact) mass is 439 g/mol. The van der Waals surface area contributed by atoms with Gasteiger partial charge in [-0.2, -0.15) is 0 Å². The van der Waals surface area contributed by atoms with Crippen LogP contribution >= 0.6 is 0 Å². The first-order valence-corrected chi connectivity index (χ1v) is 11.5. The van der Waals surface area contributed by atoms with Crippen molar-refractivity contribution in [3.05, 3.63) is 46.9 Å². The highest BCUT2D eigenvalue weighted by Crippen LogP contribution is 2.30. The predicted octanol–water partition coefficient (Wildman–Crippen LogP) is 3.98. The summed E-state index contributed by atoms with van der Waals surface area (Å²) in [4.78, 5) is 17.4. The second-order valence-corrected chi connectivity index (χ2v) is 8.67. The molecule has 0 bridgehead atoms. The number of methoxy groups -OCH3 is 1. The fourth-order valence-electron chi connectivity index (χ4n) is 4.61. The molecule has 3 heterocycles. The van der Waals surface area contributed by atoms with E-state index in [9.17, 15) is 4.79 Å². The Morgan fingerprint density at radius 1 is 1.19 bits per heavy atom. The lowest BCUT2D eigenvalue weighted by Gasteiger charge is -2.27. The molecule has 1 unspecified atom stereocenters. The highest BCUT2D eigenvalue weighted by molar-refractivity contribution is 5.92.